The molecule has 3 heteroatoms. The van der Waals surface area contributed by atoms with Crippen LogP contribution < -0.4 is 0 Å². The number of unbranched alkanes of at least 4 members (excludes halogenated alkanes) is 3. The minimum Gasteiger partial charge on any atom is -0.206 e. The Hall–Kier alpha value is -1.41. The second kappa shape index (κ2) is 10.5. The van der Waals surface area contributed by atoms with Gasteiger partial charge >= 0.3 is 0 Å². The van der Waals surface area contributed by atoms with Crippen LogP contribution in [-0.4, -0.2) is 0 Å². The van der Waals surface area contributed by atoms with Crippen LogP contribution in [-0.2, 0) is 0 Å². The van der Waals surface area contributed by atoms with Gasteiger partial charge in [0.25, 0.3) is 0 Å². The van der Waals surface area contributed by atoms with Crippen molar-refractivity contribution in [2.24, 2.45) is 17.8 Å². The Morgan fingerprint density at radius 1 is 0.839 bits per heavy atom. The van der Waals surface area contributed by atoms with E-state index in [0.717, 1.165) is 29.7 Å². The Kier molecular flexibility index (Phi) is 7.69. The van der Waals surface area contributed by atoms with Crippen molar-refractivity contribution in [1.29, 1.82) is 0 Å². The number of hydrogen-bond acceptors (Lipinski definition) is 0. The maximum Gasteiger partial charge on any atom is 0.142 e. The average Bonchev–Trinajstić information content (AvgIpc) is 2.78. The van der Waals surface area contributed by atoms with E-state index >= 15 is 0 Å². The average molecular weight is 445 g/mol. The topological polar surface area (TPSA) is 0 Å². The van der Waals surface area contributed by atoms with Crippen LogP contribution in [0.2, 0.25) is 5.02 Å². The summed E-state index contributed by atoms with van der Waals surface area (Å²) >= 11 is 5.77. The minimum absolute atomic E-state index is 0.0632. The summed E-state index contributed by atoms with van der Waals surface area (Å²) in [6.45, 7) is 2.28. The van der Waals surface area contributed by atoms with Crippen molar-refractivity contribution in [3.8, 4) is 11.1 Å². The van der Waals surface area contributed by atoms with Gasteiger partial charge < -0.3 is 0 Å². The predicted molar refractivity (Wildman–Crippen MR) is 126 cm³/mol. The van der Waals surface area contributed by atoms with Crippen LogP contribution in [0.15, 0.2) is 36.4 Å². The molecule has 168 valence electrons. The Morgan fingerprint density at radius 3 is 2.42 bits per heavy atom. The van der Waals surface area contributed by atoms with Gasteiger partial charge in [-0.15, -0.1) is 0 Å². The molecule has 31 heavy (non-hydrogen) atoms. The maximum atomic E-state index is 14.9. The zero-order chi connectivity index (χ0) is 21.8. The number of hydrogen-bond donors (Lipinski definition) is 0. The Bertz CT molecular complexity index is 877. The van der Waals surface area contributed by atoms with Crippen LogP contribution in [0.3, 0.4) is 0 Å². The van der Waals surface area contributed by atoms with E-state index in [1.54, 1.807) is 12.1 Å². The molecular weight excluding hydrogens is 410 g/mol. The normalized spacial score (nSPS) is 25.9. The van der Waals surface area contributed by atoms with Gasteiger partial charge in [-0.3, -0.25) is 0 Å². The van der Waals surface area contributed by atoms with Crippen molar-refractivity contribution in [2.45, 2.75) is 83.5 Å². The quantitative estimate of drug-likeness (QED) is 0.373. The number of rotatable bonds is 7. The monoisotopic (exact) mass is 444 g/mol. The van der Waals surface area contributed by atoms with E-state index in [9.17, 15) is 8.78 Å². The highest BCUT2D eigenvalue weighted by molar-refractivity contribution is 6.30. The molecule has 4 rings (SSSR count). The van der Waals surface area contributed by atoms with Crippen LogP contribution in [0.1, 0.15) is 89.0 Å². The molecule has 2 aliphatic carbocycles. The van der Waals surface area contributed by atoms with Crippen molar-refractivity contribution in [1.82, 2.24) is 0 Å². The molecule has 0 aliphatic heterocycles. The van der Waals surface area contributed by atoms with Crippen LogP contribution in [0.25, 0.3) is 11.1 Å². The van der Waals surface area contributed by atoms with Gasteiger partial charge in [-0.2, -0.15) is 0 Å². The summed E-state index contributed by atoms with van der Waals surface area (Å²) < 4.78 is 28.7. The van der Waals surface area contributed by atoms with Crippen LogP contribution >= 0.6 is 11.6 Å². The SMILES string of the molecule is CCCCCCC1CCC2CC(c3ccc(-c4ccc(Cl)c(F)c4)c(F)c3)CCC2C1. The second-order valence-corrected chi connectivity index (χ2v) is 10.3. The van der Waals surface area contributed by atoms with E-state index in [0.29, 0.717) is 17.0 Å². The van der Waals surface area contributed by atoms with Crippen LogP contribution in [0, 0.1) is 29.4 Å². The van der Waals surface area contributed by atoms with Gasteiger partial charge in [0.2, 0.25) is 0 Å². The summed E-state index contributed by atoms with van der Waals surface area (Å²) in [5.74, 6) is 2.29. The molecule has 4 unspecified atom stereocenters. The summed E-state index contributed by atoms with van der Waals surface area (Å²) in [6.07, 6.45) is 14.7. The summed E-state index contributed by atoms with van der Waals surface area (Å²) in [5, 5.41) is 0.0632. The molecule has 0 amide bonds. The molecular formula is C28H35ClF2. The number of benzene rings is 2. The number of fused-ring (bicyclic) bond motifs is 1. The lowest BCUT2D eigenvalue weighted by Crippen LogP contribution is -2.30. The molecule has 0 nitrogen and oxygen atoms in total. The molecule has 0 radical (unpaired) electrons. The van der Waals surface area contributed by atoms with E-state index in [1.165, 1.54) is 76.3 Å². The predicted octanol–water partition coefficient (Wildman–Crippen LogP) is 9.56. The molecule has 2 saturated carbocycles. The van der Waals surface area contributed by atoms with E-state index in [2.05, 4.69) is 13.0 Å². The lowest BCUT2D eigenvalue weighted by Gasteiger charge is -2.42. The Labute approximate surface area is 191 Å². The lowest BCUT2D eigenvalue weighted by atomic mass is 9.63. The molecule has 2 aromatic rings. The molecule has 0 heterocycles. The number of halogens is 3. The highest BCUT2D eigenvalue weighted by Crippen LogP contribution is 2.48. The molecule has 4 atom stereocenters. The first-order valence-corrected chi connectivity index (χ1v) is 12.7. The first kappa shape index (κ1) is 22.8. The van der Waals surface area contributed by atoms with Crippen molar-refractivity contribution in [3.05, 3.63) is 58.6 Å². The zero-order valence-electron chi connectivity index (χ0n) is 18.7. The van der Waals surface area contributed by atoms with Gasteiger partial charge in [0.1, 0.15) is 11.6 Å². The Balaban J connectivity index is 1.36. The molecule has 0 N–H and O–H groups in total. The van der Waals surface area contributed by atoms with E-state index in [1.807, 2.05) is 6.07 Å². The molecule has 0 saturated heterocycles. The smallest absolute Gasteiger partial charge is 0.142 e. The standard InChI is InChI=1S/C28H35ClF2/c1-2-3-4-5-6-19-7-8-21-16-22(10-9-20(21)15-19)23-11-13-25(27(30)17-23)24-12-14-26(29)28(31)18-24/h11-14,17-22H,2-10,15-16H2,1H3. The second-order valence-electron chi connectivity index (χ2n) is 9.93. The van der Waals surface area contributed by atoms with Gasteiger partial charge in [0.15, 0.2) is 0 Å². The zero-order valence-corrected chi connectivity index (χ0v) is 19.4. The van der Waals surface area contributed by atoms with Crippen LogP contribution in [0.4, 0.5) is 8.78 Å². The molecule has 0 aromatic heterocycles. The van der Waals surface area contributed by atoms with E-state index in [-0.39, 0.29) is 10.8 Å². The van der Waals surface area contributed by atoms with Gasteiger partial charge in [-0.25, -0.2) is 8.78 Å². The summed E-state index contributed by atoms with van der Waals surface area (Å²) in [4.78, 5) is 0. The lowest BCUT2D eigenvalue weighted by molar-refractivity contribution is 0.113. The molecule has 2 aliphatic rings. The molecule has 2 fully saturated rings. The fraction of sp³-hybridized carbons (Fsp3) is 0.571. The minimum atomic E-state index is -0.512. The highest BCUT2D eigenvalue weighted by Gasteiger charge is 2.35. The van der Waals surface area contributed by atoms with Crippen molar-refractivity contribution < 1.29 is 8.78 Å². The maximum absolute atomic E-state index is 14.9. The van der Waals surface area contributed by atoms with Gasteiger partial charge in [0.05, 0.1) is 5.02 Å². The van der Waals surface area contributed by atoms with Crippen molar-refractivity contribution in [3.63, 3.8) is 0 Å². The summed E-state index contributed by atoms with van der Waals surface area (Å²) in [6, 6.07) is 10.0. The third kappa shape index (κ3) is 5.51. The fourth-order valence-electron chi connectivity index (χ4n) is 6.09. The van der Waals surface area contributed by atoms with Gasteiger partial charge in [-0.1, -0.05) is 75.2 Å². The third-order valence-corrected chi connectivity index (χ3v) is 8.19. The molecule has 0 spiro atoms. The first-order valence-electron chi connectivity index (χ1n) is 12.3. The largest absolute Gasteiger partial charge is 0.206 e. The van der Waals surface area contributed by atoms with Gasteiger partial charge in [-0.05, 0) is 85.1 Å². The summed E-state index contributed by atoms with van der Waals surface area (Å²) in [5.41, 5.74) is 2.08. The molecule has 2 aromatic carbocycles. The first-order chi connectivity index (χ1) is 15.0. The van der Waals surface area contributed by atoms with Crippen molar-refractivity contribution >= 4 is 11.6 Å². The summed E-state index contributed by atoms with van der Waals surface area (Å²) in [7, 11) is 0. The highest BCUT2D eigenvalue weighted by atomic mass is 35.5. The molecule has 0 bridgehead atoms. The Morgan fingerprint density at radius 2 is 1.65 bits per heavy atom. The van der Waals surface area contributed by atoms with E-state index < -0.39 is 5.82 Å². The third-order valence-electron chi connectivity index (χ3n) is 7.88. The van der Waals surface area contributed by atoms with Crippen LogP contribution in [0.5, 0.6) is 0 Å². The van der Waals surface area contributed by atoms with Gasteiger partial charge in [0, 0.05) is 5.56 Å². The fourth-order valence-corrected chi connectivity index (χ4v) is 6.21. The van der Waals surface area contributed by atoms with Crippen molar-refractivity contribution in [2.75, 3.05) is 0 Å². The van der Waals surface area contributed by atoms with E-state index in [4.69, 9.17) is 11.6 Å².